The van der Waals surface area contributed by atoms with Crippen molar-refractivity contribution in [3.05, 3.63) is 71.0 Å². The Bertz CT molecular complexity index is 934. The minimum absolute atomic E-state index is 0.0667. The van der Waals surface area contributed by atoms with Gasteiger partial charge in [-0.15, -0.1) is 10.2 Å². The maximum Gasteiger partial charge on any atom is 0.233 e. The standard InChI is InChI=1S/C21H24N4OS/c1-15-8-10-18(11-9-15)13-24(4)20(26)14-27-21-23-22-17(3)25(21)19-7-5-6-16(2)12-19/h5-12H,13-14H2,1-4H3. The largest absolute Gasteiger partial charge is 0.341 e. The van der Waals surface area contributed by atoms with E-state index in [1.807, 2.05) is 30.7 Å². The fraction of sp³-hybridized carbons (Fsp3) is 0.286. The van der Waals surface area contributed by atoms with Crippen molar-refractivity contribution in [1.82, 2.24) is 19.7 Å². The number of aromatic nitrogens is 3. The second-order valence-electron chi connectivity index (χ2n) is 6.73. The molecule has 0 atom stereocenters. The van der Waals surface area contributed by atoms with Gasteiger partial charge in [-0.2, -0.15) is 0 Å². The molecule has 27 heavy (non-hydrogen) atoms. The minimum atomic E-state index is 0.0667. The van der Waals surface area contributed by atoms with Crippen molar-refractivity contribution in [1.29, 1.82) is 0 Å². The summed E-state index contributed by atoms with van der Waals surface area (Å²) in [7, 11) is 1.83. The average Bonchev–Trinajstić information content (AvgIpc) is 3.02. The van der Waals surface area contributed by atoms with Crippen LogP contribution < -0.4 is 0 Å². The smallest absolute Gasteiger partial charge is 0.233 e. The third kappa shape index (κ3) is 4.77. The summed E-state index contributed by atoms with van der Waals surface area (Å²) < 4.78 is 1.99. The van der Waals surface area contributed by atoms with E-state index in [0.717, 1.165) is 22.2 Å². The summed E-state index contributed by atoms with van der Waals surface area (Å²) in [6, 6.07) is 16.4. The Labute approximate surface area is 164 Å². The van der Waals surface area contributed by atoms with Gasteiger partial charge in [0.25, 0.3) is 0 Å². The second-order valence-corrected chi connectivity index (χ2v) is 7.67. The lowest BCUT2D eigenvalue weighted by Gasteiger charge is -2.17. The Morgan fingerprint density at radius 1 is 1.04 bits per heavy atom. The molecule has 0 aliphatic rings. The summed E-state index contributed by atoms with van der Waals surface area (Å²) in [4.78, 5) is 14.3. The normalized spacial score (nSPS) is 10.8. The molecule has 0 N–H and O–H groups in total. The van der Waals surface area contributed by atoms with E-state index in [4.69, 9.17) is 0 Å². The van der Waals surface area contributed by atoms with Gasteiger partial charge in [0.05, 0.1) is 5.75 Å². The Hall–Kier alpha value is -2.60. The van der Waals surface area contributed by atoms with Gasteiger partial charge in [0.15, 0.2) is 5.16 Å². The zero-order chi connectivity index (χ0) is 19.4. The molecular weight excluding hydrogens is 356 g/mol. The third-order valence-electron chi connectivity index (χ3n) is 4.35. The molecule has 3 aromatic rings. The number of thioether (sulfide) groups is 1. The monoisotopic (exact) mass is 380 g/mol. The number of nitrogens with zero attached hydrogens (tertiary/aromatic N) is 4. The molecular formula is C21H24N4OS. The highest BCUT2D eigenvalue weighted by atomic mass is 32.2. The molecule has 2 aromatic carbocycles. The summed E-state index contributed by atoms with van der Waals surface area (Å²) in [5.74, 6) is 1.20. The highest BCUT2D eigenvalue weighted by molar-refractivity contribution is 7.99. The number of aryl methyl sites for hydroxylation is 3. The van der Waals surface area contributed by atoms with Crippen LogP contribution in [0, 0.1) is 20.8 Å². The van der Waals surface area contributed by atoms with Gasteiger partial charge in [0, 0.05) is 19.3 Å². The maximum absolute atomic E-state index is 12.5. The van der Waals surface area contributed by atoms with E-state index in [9.17, 15) is 4.79 Å². The molecule has 0 spiro atoms. The molecule has 0 fully saturated rings. The fourth-order valence-corrected chi connectivity index (χ4v) is 3.73. The minimum Gasteiger partial charge on any atom is -0.341 e. The van der Waals surface area contributed by atoms with Crippen LogP contribution in [-0.2, 0) is 11.3 Å². The lowest BCUT2D eigenvalue weighted by Crippen LogP contribution is -2.27. The molecule has 6 heteroatoms. The number of benzene rings is 2. The molecule has 5 nitrogen and oxygen atoms in total. The quantitative estimate of drug-likeness (QED) is 0.608. The first-order valence-electron chi connectivity index (χ1n) is 8.85. The number of amides is 1. The van der Waals surface area contributed by atoms with Crippen LogP contribution in [0.4, 0.5) is 0 Å². The van der Waals surface area contributed by atoms with Crippen molar-refractivity contribution in [3.63, 3.8) is 0 Å². The molecule has 3 rings (SSSR count). The van der Waals surface area contributed by atoms with Gasteiger partial charge in [0.1, 0.15) is 5.82 Å². The number of hydrogen-bond acceptors (Lipinski definition) is 4. The van der Waals surface area contributed by atoms with Crippen molar-refractivity contribution < 1.29 is 4.79 Å². The first-order chi connectivity index (χ1) is 12.9. The first kappa shape index (κ1) is 19.2. The molecule has 0 saturated heterocycles. The zero-order valence-electron chi connectivity index (χ0n) is 16.1. The molecule has 0 saturated carbocycles. The number of carbonyl (C=O) groups excluding carboxylic acids is 1. The molecule has 0 aliphatic heterocycles. The molecule has 0 bridgehead atoms. The molecule has 0 radical (unpaired) electrons. The van der Waals surface area contributed by atoms with Crippen molar-refractivity contribution in [2.75, 3.05) is 12.8 Å². The van der Waals surface area contributed by atoms with Gasteiger partial charge in [-0.1, -0.05) is 53.7 Å². The van der Waals surface area contributed by atoms with E-state index < -0.39 is 0 Å². The topological polar surface area (TPSA) is 51.0 Å². The maximum atomic E-state index is 12.5. The molecule has 1 amide bonds. The summed E-state index contributed by atoms with van der Waals surface area (Å²) in [6.07, 6.45) is 0. The highest BCUT2D eigenvalue weighted by Gasteiger charge is 2.15. The van der Waals surface area contributed by atoms with Crippen molar-refractivity contribution in [3.8, 4) is 5.69 Å². The lowest BCUT2D eigenvalue weighted by atomic mass is 10.1. The second kappa shape index (κ2) is 8.39. The van der Waals surface area contributed by atoms with Crippen LogP contribution in [0.25, 0.3) is 5.69 Å². The summed E-state index contributed by atoms with van der Waals surface area (Å²) in [5.41, 5.74) is 4.53. The molecule has 0 aliphatic carbocycles. The van der Waals surface area contributed by atoms with E-state index in [0.29, 0.717) is 12.3 Å². The van der Waals surface area contributed by atoms with Crippen LogP contribution in [0.2, 0.25) is 0 Å². The number of carbonyl (C=O) groups is 1. The van der Waals surface area contributed by atoms with E-state index in [-0.39, 0.29) is 5.91 Å². The predicted octanol–water partition coefficient (Wildman–Crippen LogP) is 3.94. The summed E-state index contributed by atoms with van der Waals surface area (Å²) >= 11 is 1.42. The Kier molecular flexibility index (Phi) is 5.96. The summed E-state index contributed by atoms with van der Waals surface area (Å²) in [5, 5.41) is 9.17. The zero-order valence-corrected chi connectivity index (χ0v) is 17.0. The van der Waals surface area contributed by atoms with Gasteiger partial charge < -0.3 is 4.90 Å². The molecule has 1 aromatic heterocycles. The van der Waals surface area contributed by atoms with Crippen LogP contribution in [0.3, 0.4) is 0 Å². The molecule has 1 heterocycles. The number of rotatable bonds is 6. The fourth-order valence-electron chi connectivity index (χ4n) is 2.79. The Morgan fingerprint density at radius 3 is 2.48 bits per heavy atom. The van der Waals surface area contributed by atoms with Crippen molar-refractivity contribution in [2.24, 2.45) is 0 Å². The molecule has 140 valence electrons. The van der Waals surface area contributed by atoms with Crippen LogP contribution >= 0.6 is 11.8 Å². The van der Waals surface area contributed by atoms with E-state index in [1.165, 1.54) is 22.9 Å². The Balaban J connectivity index is 1.66. The molecule has 0 unspecified atom stereocenters. The van der Waals surface area contributed by atoms with Gasteiger partial charge in [-0.25, -0.2) is 0 Å². The van der Waals surface area contributed by atoms with Crippen LogP contribution in [0.5, 0.6) is 0 Å². The third-order valence-corrected chi connectivity index (χ3v) is 5.26. The SMILES string of the molecule is Cc1ccc(CN(C)C(=O)CSc2nnc(C)n2-c2cccc(C)c2)cc1. The first-order valence-corrected chi connectivity index (χ1v) is 9.84. The van der Waals surface area contributed by atoms with Gasteiger partial charge in [0.2, 0.25) is 5.91 Å². The van der Waals surface area contributed by atoms with E-state index >= 15 is 0 Å². The van der Waals surface area contributed by atoms with Crippen LogP contribution in [0.1, 0.15) is 22.5 Å². The highest BCUT2D eigenvalue weighted by Crippen LogP contribution is 2.22. The van der Waals surface area contributed by atoms with Gasteiger partial charge in [-0.05, 0) is 44.0 Å². The van der Waals surface area contributed by atoms with Crippen LogP contribution in [0.15, 0.2) is 53.7 Å². The van der Waals surface area contributed by atoms with Crippen LogP contribution in [-0.4, -0.2) is 38.4 Å². The van der Waals surface area contributed by atoms with E-state index in [1.54, 1.807) is 4.90 Å². The van der Waals surface area contributed by atoms with Gasteiger partial charge in [-0.3, -0.25) is 9.36 Å². The summed E-state index contributed by atoms with van der Waals surface area (Å²) in [6.45, 7) is 6.63. The van der Waals surface area contributed by atoms with E-state index in [2.05, 4.69) is 60.4 Å². The van der Waals surface area contributed by atoms with Crippen molar-refractivity contribution >= 4 is 17.7 Å². The van der Waals surface area contributed by atoms with Gasteiger partial charge >= 0.3 is 0 Å². The average molecular weight is 381 g/mol. The predicted molar refractivity (Wildman–Crippen MR) is 109 cm³/mol. The lowest BCUT2D eigenvalue weighted by molar-refractivity contribution is -0.127. The Morgan fingerprint density at radius 2 is 1.78 bits per heavy atom. The van der Waals surface area contributed by atoms with Crippen molar-refractivity contribution in [2.45, 2.75) is 32.5 Å². The number of hydrogen-bond donors (Lipinski definition) is 0.